The van der Waals surface area contributed by atoms with E-state index in [1.165, 1.54) is 6.07 Å². The molecule has 3 aliphatic carbocycles. The van der Waals surface area contributed by atoms with Crippen molar-refractivity contribution in [1.29, 1.82) is 0 Å². The van der Waals surface area contributed by atoms with Gasteiger partial charge in [0.25, 0.3) is 10.4 Å². The maximum absolute atomic E-state index is 11.1. The molecule has 30 heavy (non-hydrogen) atoms. The topological polar surface area (TPSA) is 133 Å². The summed E-state index contributed by atoms with van der Waals surface area (Å²) in [5, 5.41) is 0. The number of fused-ring (bicyclic) bond motifs is 5. The molecule has 1 aromatic rings. The van der Waals surface area contributed by atoms with Gasteiger partial charge in [-0.1, -0.05) is 13.0 Å². The van der Waals surface area contributed by atoms with Crippen LogP contribution < -0.4 is 107 Å². The van der Waals surface area contributed by atoms with Crippen LogP contribution in [0.25, 0.3) is 0 Å². The van der Waals surface area contributed by atoms with E-state index in [4.69, 9.17) is 4.18 Å². The number of hydrogen-bond donors (Lipinski definition) is 0. The molecule has 4 rings (SSSR count). The van der Waals surface area contributed by atoms with Crippen molar-refractivity contribution in [1.82, 2.24) is 0 Å². The Labute approximate surface area is 263 Å². The van der Waals surface area contributed by atoms with Crippen molar-refractivity contribution >= 4 is 20.8 Å². The summed E-state index contributed by atoms with van der Waals surface area (Å²) in [5.74, 6) is 0.929. The molecule has 3 aliphatic rings. The van der Waals surface area contributed by atoms with Gasteiger partial charge in [0.2, 0.25) is 10.4 Å². The molecule has 0 N–H and O–H groups in total. The first-order chi connectivity index (χ1) is 13.0. The van der Waals surface area contributed by atoms with E-state index in [9.17, 15) is 25.9 Å². The average molecular weight is 509 g/mol. The van der Waals surface area contributed by atoms with E-state index in [0.29, 0.717) is 12.3 Å². The van der Waals surface area contributed by atoms with Gasteiger partial charge < -0.3 is 13.3 Å². The van der Waals surface area contributed by atoms with E-state index in [1.807, 2.05) is 13.0 Å². The number of rotatable bonds is 4. The fourth-order valence-electron chi connectivity index (χ4n) is 5.98. The maximum atomic E-state index is 11.1. The van der Waals surface area contributed by atoms with Gasteiger partial charge in [-0.05, 0) is 85.0 Å². The molecule has 0 heterocycles. The summed E-state index contributed by atoms with van der Waals surface area (Å²) in [5.41, 5.74) is 1.78. The van der Waals surface area contributed by atoms with Gasteiger partial charge in [0, 0.05) is 0 Å². The number of aryl methyl sites for hydroxylation is 1. The molecule has 0 aromatic heterocycles. The van der Waals surface area contributed by atoms with E-state index in [-0.39, 0.29) is 126 Å². The van der Waals surface area contributed by atoms with Crippen molar-refractivity contribution in [3.8, 4) is 5.75 Å². The minimum absolute atomic E-state index is 0. The van der Waals surface area contributed by atoms with E-state index in [2.05, 4.69) is 4.18 Å². The zero-order valence-electron chi connectivity index (χ0n) is 17.4. The Kier molecular flexibility index (Phi) is 9.78. The molecule has 0 spiro atoms. The first kappa shape index (κ1) is 28.3. The van der Waals surface area contributed by atoms with Gasteiger partial charge in [0.05, 0.1) is 6.10 Å². The quantitative estimate of drug-likeness (QED) is 0.230. The molecule has 1 aromatic carbocycles. The van der Waals surface area contributed by atoms with Gasteiger partial charge in [-0.3, -0.25) is 4.18 Å². The fourth-order valence-corrected chi connectivity index (χ4v) is 6.92. The Balaban J connectivity index is 0.00000160. The van der Waals surface area contributed by atoms with Crippen molar-refractivity contribution in [2.75, 3.05) is 0 Å². The van der Waals surface area contributed by atoms with Gasteiger partial charge >= 0.3 is 103 Å². The summed E-state index contributed by atoms with van der Waals surface area (Å²) in [6, 6.07) is 4.97. The van der Waals surface area contributed by atoms with Gasteiger partial charge in [0.15, 0.2) is 0 Å². The molecule has 0 radical (unpaired) electrons. The van der Waals surface area contributed by atoms with E-state index in [0.717, 1.165) is 43.2 Å². The standard InChI is InChI=1S/C18H24O8S2.2K/c1-18-9-8-14-13-5-3-12(25-27(19,20)21)10-11(13)2-4-15(14)16(18)6-7-17(18)26-28(22,23)24;;/h3,5,10,14-17H,2,4,6-9H2,1H3,(H,19,20,21)(H,22,23,24);;/q;2*+1/p-2. The van der Waals surface area contributed by atoms with Crippen molar-refractivity contribution in [3.63, 3.8) is 0 Å². The normalized spacial score (nSPS) is 32.6. The van der Waals surface area contributed by atoms with E-state index >= 15 is 0 Å². The van der Waals surface area contributed by atoms with Crippen molar-refractivity contribution in [3.05, 3.63) is 29.3 Å². The first-order valence-corrected chi connectivity index (χ1v) is 12.1. The van der Waals surface area contributed by atoms with Crippen molar-refractivity contribution < 1.29 is 137 Å². The summed E-state index contributed by atoms with van der Waals surface area (Å²) in [6.07, 6.45) is 4.01. The molecule has 8 nitrogen and oxygen atoms in total. The van der Waals surface area contributed by atoms with E-state index in [1.54, 1.807) is 6.07 Å². The van der Waals surface area contributed by atoms with Crippen LogP contribution in [0.1, 0.15) is 56.1 Å². The molecular formula is C18H22K2O8S2. The van der Waals surface area contributed by atoms with Crippen LogP contribution in [0.2, 0.25) is 0 Å². The van der Waals surface area contributed by atoms with Crippen molar-refractivity contribution in [2.24, 2.45) is 17.3 Å². The van der Waals surface area contributed by atoms with Crippen LogP contribution in [-0.4, -0.2) is 32.0 Å². The SMILES string of the molecule is CC12CCC3c4ccc(OS(=O)(=O)[O-])cc4CCC3C1CCC2OS(=O)(=O)[O-].[K+].[K+]. The van der Waals surface area contributed by atoms with Gasteiger partial charge in [-0.2, -0.15) is 0 Å². The van der Waals surface area contributed by atoms with E-state index < -0.39 is 26.9 Å². The first-order valence-electron chi connectivity index (χ1n) is 9.38. The summed E-state index contributed by atoms with van der Waals surface area (Å²) >= 11 is 0. The van der Waals surface area contributed by atoms with Gasteiger partial charge in [-0.15, -0.1) is 0 Å². The fraction of sp³-hybridized carbons (Fsp3) is 0.667. The molecule has 2 saturated carbocycles. The summed E-state index contributed by atoms with van der Waals surface area (Å²) < 4.78 is 75.2. The van der Waals surface area contributed by atoms with Crippen LogP contribution in [0.3, 0.4) is 0 Å². The Bertz CT molecular complexity index is 997. The Morgan fingerprint density at radius 1 is 1.00 bits per heavy atom. The van der Waals surface area contributed by atoms with Crippen LogP contribution in [-0.2, 0) is 31.4 Å². The molecular weight excluding hydrogens is 487 g/mol. The Hall–Kier alpha value is 2.07. The second-order valence-electron chi connectivity index (χ2n) is 8.38. The third kappa shape index (κ3) is 6.00. The maximum Gasteiger partial charge on any atom is 1.00 e. The zero-order chi connectivity index (χ0) is 20.3. The predicted molar refractivity (Wildman–Crippen MR) is 96.0 cm³/mol. The van der Waals surface area contributed by atoms with Gasteiger partial charge in [0.1, 0.15) is 5.75 Å². The third-order valence-electron chi connectivity index (χ3n) is 7.04. The van der Waals surface area contributed by atoms with Crippen LogP contribution >= 0.6 is 0 Å². The molecule has 5 atom stereocenters. The smallest absolute Gasteiger partial charge is 0.726 e. The van der Waals surface area contributed by atoms with Crippen LogP contribution in [0.5, 0.6) is 5.75 Å². The summed E-state index contributed by atoms with van der Waals surface area (Å²) in [6.45, 7) is 2.03. The van der Waals surface area contributed by atoms with Gasteiger partial charge in [-0.25, -0.2) is 16.8 Å². The second-order valence-corrected chi connectivity index (χ2v) is 10.4. The predicted octanol–water partition coefficient (Wildman–Crippen LogP) is -3.76. The largest absolute Gasteiger partial charge is 1.00 e. The molecule has 5 unspecified atom stereocenters. The third-order valence-corrected chi connectivity index (χ3v) is 7.91. The minimum atomic E-state index is -4.81. The minimum Gasteiger partial charge on any atom is -0.726 e. The molecule has 2 fully saturated rings. The van der Waals surface area contributed by atoms with Crippen molar-refractivity contribution in [2.45, 2.75) is 57.5 Å². The molecule has 156 valence electrons. The van der Waals surface area contributed by atoms with Crippen LogP contribution in [0.15, 0.2) is 18.2 Å². The second kappa shape index (κ2) is 10.4. The summed E-state index contributed by atoms with van der Waals surface area (Å²) in [4.78, 5) is 0. The molecule has 12 heteroatoms. The monoisotopic (exact) mass is 508 g/mol. The molecule has 0 bridgehead atoms. The molecule has 0 saturated heterocycles. The van der Waals surface area contributed by atoms with Crippen LogP contribution in [0, 0.1) is 17.3 Å². The Morgan fingerprint density at radius 2 is 1.70 bits per heavy atom. The summed E-state index contributed by atoms with van der Waals surface area (Å²) in [7, 11) is -9.54. The van der Waals surface area contributed by atoms with Crippen LogP contribution in [0.4, 0.5) is 0 Å². The Morgan fingerprint density at radius 3 is 2.33 bits per heavy atom. The number of hydrogen-bond acceptors (Lipinski definition) is 8. The average Bonchev–Trinajstić information content (AvgIpc) is 2.88. The molecule has 0 amide bonds. The molecule has 0 aliphatic heterocycles. The number of benzene rings is 1. The zero-order valence-corrected chi connectivity index (χ0v) is 25.2.